The van der Waals surface area contributed by atoms with E-state index in [0.717, 1.165) is 22.4 Å². The van der Waals surface area contributed by atoms with Gasteiger partial charge in [-0.05, 0) is 31.0 Å². The number of esters is 1. The highest BCUT2D eigenvalue weighted by atomic mass is 35.5. The standard InChI is InChI=1S/C13H17ClO3/c1-4-17-13(15)7-10-5-9(2)6-12(16-3)11(10)8-14/h5-6H,4,7-8H2,1-3H3. The van der Waals surface area contributed by atoms with Crippen molar-refractivity contribution in [3.8, 4) is 5.75 Å². The Kier molecular flexibility index (Phi) is 5.29. The van der Waals surface area contributed by atoms with Crippen molar-refractivity contribution in [3.63, 3.8) is 0 Å². The first-order chi connectivity index (χ1) is 8.12. The van der Waals surface area contributed by atoms with Crippen LogP contribution in [0.3, 0.4) is 0 Å². The lowest BCUT2D eigenvalue weighted by Gasteiger charge is -2.13. The van der Waals surface area contributed by atoms with Crippen LogP contribution in [0.5, 0.6) is 5.75 Å². The van der Waals surface area contributed by atoms with Crippen molar-refractivity contribution in [2.24, 2.45) is 0 Å². The van der Waals surface area contributed by atoms with Gasteiger partial charge in [-0.1, -0.05) is 6.07 Å². The fourth-order valence-corrected chi connectivity index (χ4v) is 2.02. The van der Waals surface area contributed by atoms with E-state index in [9.17, 15) is 4.79 Å². The van der Waals surface area contributed by atoms with Gasteiger partial charge in [0.1, 0.15) is 5.75 Å². The minimum absolute atomic E-state index is 0.230. The molecule has 0 radical (unpaired) electrons. The third kappa shape index (κ3) is 3.63. The van der Waals surface area contributed by atoms with Crippen molar-refractivity contribution in [1.29, 1.82) is 0 Å². The highest BCUT2D eigenvalue weighted by Gasteiger charge is 2.13. The van der Waals surface area contributed by atoms with Gasteiger partial charge < -0.3 is 9.47 Å². The largest absolute Gasteiger partial charge is 0.496 e. The van der Waals surface area contributed by atoms with Crippen molar-refractivity contribution in [2.75, 3.05) is 13.7 Å². The summed E-state index contributed by atoms with van der Waals surface area (Å²) in [6.07, 6.45) is 0.230. The summed E-state index contributed by atoms with van der Waals surface area (Å²) in [5.74, 6) is 0.795. The van der Waals surface area contributed by atoms with Gasteiger partial charge in [0.15, 0.2) is 0 Å². The average molecular weight is 257 g/mol. The fraction of sp³-hybridized carbons (Fsp3) is 0.462. The van der Waals surface area contributed by atoms with Gasteiger partial charge in [0.25, 0.3) is 0 Å². The van der Waals surface area contributed by atoms with Crippen LogP contribution in [0, 0.1) is 6.92 Å². The third-order valence-electron chi connectivity index (χ3n) is 2.44. The van der Waals surface area contributed by atoms with Crippen LogP contribution in [-0.2, 0) is 21.8 Å². The summed E-state index contributed by atoms with van der Waals surface area (Å²) in [7, 11) is 1.60. The predicted octanol–water partition coefficient (Wildman–Crippen LogP) is 2.85. The zero-order chi connectivity index (χ0) is 12.8. The van der Waals surface area contributed by atoms with E-state index in [-0.39, 0.29) is 12.4 Å². The quantitative estimate of drug-likeness (QED) is 0.600. The SMILES string of the molecule is CCOC(=O)Cc1cc(C)cc(OC)c1CCl. The second-order valence-electron chi connectivity index (χ2n) is 3.72. The summed E-state index contributed by atoms with van der Waals surface area (Å²) in [5.41, 5.74) is 2.76. The molecule has 0 N–H and O–H groups in total. The molecule has 0 amide bonds. The minimum atomic E-state index is -0.244. The summed E-state index contributed by atoms with van der Waals surface area (Å²) < 4.78 is 10.2. The Hall–Kier alpha value is -1.22. The van der Waals surface area contributed by atoms with E-state index in [2.05, 4.69) is 0 Å². The van der Waals surface area contributed by atoms with Crippen LogP contribution in [0.15, 0.2) is 12.1 Å². The first-order valence-electron chi connectivity index (χ1n) is 5.50. The Morgan fingerprint density at radius 1 is 1.41 bits per heavy atom. The number of aryl methyl sites for hydroxylation is 1. The number of alkyl halides is 1. The van der Waals surface area contributed by atoms with Crippen molar-refractivity contribution in [2.45, 2.75) is 26.1 Å². The lowest BCUT2D eigenvalue weighted by atomic mass is 10.0. The summed E-state index contributed by atoms with van der Waals surface area (Å²) >= 11 is 5.90. The zero-order valence-electron chi connectivity index (χ0n) is 10.4. The highest BCUT2D eigenvalue weighted by Crippen LogP contribution is 2.26. The molecular weight excluding hydrogens is 240 g/mol. The van der Waals surface area contributed by atoms with Crippen LogP contribution in [0.25, 0.3) is 0 Å². The molecule has 4 heteroatoms. The molecule has 1 aromatic carbocycles. The molecule has 0 unspecified atom stereocenters. The van der Waals surface area contributed by atoms with Gasteiger partial charge in [0.2, 0.25) is 0 Å². The Balaban J connectivity index is 3.04. The van der Waals surface area contributed by atoms with E-state index in [1.165, 1.54) is 0 Å². The van der Waals surface area contributed by atoms with Crippen molar-refractivity contribution < 1.29 is 14.3 Å². The molecule has 0 saturated carbocycles. The molecule has 1 aromatic rings. The van der Waals surface area contributed by atoms with Crippen LogP contribution in [0.1, 0.15) is 23.6 Å². The Labute approximate surface area is 107 Å². The van der Waals surface area contributed by atoms with Crippen LogP contribution in [-0.4, -0.2) is 19.7 Å². The number of carbonyl (C=O) groups is 1. The summed E-state index contributed by atoms with van der Waals surface area (Å²) in [6, 6.07) is 3.85. The molecule has 0 bridgehead atoms. The lowest BCUT2D eigenvalue weighted by Crippen LogP contribution is -2.10. The second-order valence-corrected chi connectivity index (χ2v) is 3.99. The molecule has 0 spiro atoms. The van der Waals surface area contributed by atoms with Crippen LogP contribution in [0.2, 0.25) is 0 Å². The number of halogens is 1. The normalized spacial score (nSPS) is 10.1. The number of hydrogen-bond donors (Lipinski definition) is 0. The second kappa shape index (κ2) is 6.50. The molecule has 0 aliphatic heterocycles. The monoisotopic (exact) mass is 256 g/mol. The number of methoxy groups -OCH3 is 1. The molecule has 0 heterocycles. The smallest absolute Gasteiger partial charge is 0.310 e. The molecule has 0 aliphatic rings. The van der Waals surface area contributed by atoms with Crippen LogP contribution >= 0.6 is 11.6 Å². The maximum atomic E-state index is 11.5. The minimum Gasteiger partial charge on any atom is -0.496 e. The molecular formula is C13H17ClO3. The number of benzene rings is 1. The van der Waals surface area contributed by atoms with E-state index in [1.54, 1.807) is 14.0 Å². The molecule has 0 atom stereocenters. The fourth-order valence-electron chi connectivity index (χ4n) is 1.71. The number of carbonyl (C=O) groups excluding carboxylic acids is 1. The lowest BCUT2D eigenvalue weighted by molar-refractivity contribution is -0.142. The summed E-state index contributed by atoms with van der Waals surface area (Å²) in [4.78, 5) is 11.5. The average Bonchev–Trinajstić information content (AvgIpc) is 2.28. The summed E-state index contributed by atoms with van der Waals surface area (Å²) in [5, 5.41) is 0. The number of ether oxygens (including phenoxy) is 2. The Morgan fingerprint density at radius 2 is 2.12 bits per heavy atom. The van der Waals surface area contributed by atoms with E-state index in [1.807, 2.05) is 19.1 Å². The van der Waals surface area contributed by atoms with Crippen molar-refractivity contribution in [1.82, 2.24) is 0 Å². The summed E-state index contributed by atoms with van der Waals surface area (Å²) in [6.45, 7) is 4.13. The molecule has 0 aliphatic carbocycles. The maximum absolute atomic E-state index is 11.5. The number of hydrogen-bond acceptors (Lipinski definition) is 3. The van der Waals surface area contributed by atoms with Gasteiger partial charge >= 0.3 is 5.97 Å². The third-order valence-corrected chi connectivity index (χ3v) is 2.71. The molecule has 0 aromatic heterocycles. The molecule has 0 saturated heterocycles. The molecule has 1 rings (SSSR count). The van der Waals surface area contributed by atoms with Crippen molar-refractivity contribution in [3.05, 3.63) is 28.8 Å². The van der Waals surface area contributed by atoms with Gasteiger partial charge in [-0.2, -0.15) is 0 Å². The number of rotatable bonds is 5. The molecule has 94 valence electrons. The Bertz CT molecular complexity index is 402. The molecule has 17 heavy (non-hydrogen) atoms. The van der Waals surface area contributed by atoms with E-state index < -0.39 is 0 Å². The predicted molar refractivity (Wildman–Crippen MR) is 67.6 cm³/mol. The highest BCUT2D eigenvalue weighted by molar-refractivity contribution is 6.17. The van der Waals surface area contributed by atoms with Crippen molar-refractivity contribution >= 4 is 17.6 Å². The topological polar surface area (TPSA) is 35.5 Å². The molecule has 0 fully saturated rings. The van der Waals surface area contributed by atoms with E-state index in [4.69, 9.17) is 21.1 Å². The first kappa shape index (κ1) is 13.8. The Morgan fingerprint density at radius 3 is 2.65 bits per heavy atom. The van der Waals surface area contributed by atoms with E-state index in [0.29, 0.717) is 12.5 Å². The van der Waals surface area contributed by atoms with Crippen LogP contribution in [0.4, 0.5) is 0 Å². The maximum Gasteiger partial charge on any atom is 0.310 e. The van der Waals surface area contributed by atoms with Gasteiger partial charge in [0, 0.05) is 5.56 Å². The van der Waals surface area contributed by atoms with Gasteiger partial charge in [-0.25, -0.2) is 0 Å². The first-order valence-corrected chi connectivity index (χ1v) is 6.03. The molecule has 3 nitrogen and oxygen atoms in total. The zero-order valence-corrected chi connectivity index (χ0v) is 11.1. The van der Waals surface area contributed by atoms with Gasteiger partial charge in [-0.3, -0.25) is 4.79 Å². The van der Waals surface area contributed by atoms with E-state index >= 15 is 0 Å². The van der Waals surface area contributed by atoms with Crippen LogP contribution < -0.4 is 4.74 Å². The van der Waals surface area contributed by atoms with Gasteiger partial charge in [-0.15, -0.1) is 11.6 Å². The van der Waals surface area contributed by atoms with Gasteiger partial charge in [0.05, 0.1) is 26.0 Å².